The summed E-state index contributed by atoms with van der Waals surface area (Å²) < 4.78 is 37.7. The van der Waals surface area contributed by atoms with Gasteiger partial charge in [0, 0.05) is 18.9 Å². The molecule has 0 atom stereocenters. The zero-order valence-corrected chi connectivity index (χ0v) is 10.4. The molecular formula is C13H14F2O4. The third-order valence-corrected chi connectivity index (χ3v) is 2.85. The van der Waals surface area contributed by atoms with E-state index in [-0.39, 0.29) is 29.7 Å². The maximum atomic E-state index is 13.6. The molecule has 2 rings (SSSR count). The molecule has 0 amide bonds. The van der Waals surface area contributed by atoms with Gasteiger partial charge in [0.15, 0.2) is 11.5 Å². The van der Waals surface area contributed by atoms with Gasteiger partial charge in [0.25, 0.3) is 5.92 Å². The van der Waals surface area contributed by atoms with Crippen molar-refractivity contribution < 1.29 is 28.2 Å². The molecule has 0 saturated carbocycles. The van der Waals surface area contributed by atoms with Crippen LogP contribution in [0.4, 0.5) is 8.78 Å². The number of benzene rings is 1. The number of carboxylic acids is 1. The number of halogens is 2. The lowest BCUT2D eigenvalue weighted by Gasteiger charge is -2.23. The summed E-state index contributed by atoms with van der Waals surface area (Å²) in [5, 5.41) is 8.66. The number of carboxylic acid groups (broad SMARTS) is 1. The molecular weight excluding hydrogens is 258 g/mol. The summed E-state index contributed by atoms with van der Waals surface area (Å²) in [6, 6.07) is 2.69. The van der Waals surface area contributed by atoms with E-state index in [2.05, 4.69) is 0 Å². The normalized spacial score (nSPS) is 14.3. The molecule has 0 fully saturated rings. The number of carbonyl (C=O) groups is 1. The maximum Gasteiger partial charge on any atom is 0.303 e. The molecule has 0 radical (unpaired) electrons. The van der Waals surface area contributed by atoms with Gasteiger partial charge in [-0.2, -0.15) is 0 Å². The first-order chi connectivity index (χ1) is 8.88. The van der Waals surface area contributed by atoms with Gasteiger partial charge in [0.05, 0.1) is 0 Å². The zero-order valence-electron chi connectivity index (χ0n) is 10.4. The SMILES string of the molecule is CC(F)(F)c1cc2c(cc1CCC(=O)O)OCCO2. The molecule has 1 aliphatic rings. The molecule has 1 heterocycles. The van der Waals surface area contributed by atoms with Crippen LogP contribution in [-0.4, -0.2) is 24.3 Å². The summed E-state index contributed by atoms with van der Waals surface area (Å²) in [5.41, 5.74) is 0.0668. The maximum absolute atomic E-state index is 13.6. The van der Waals surface area contributed by atoms with Crippen molar-refractivity contribution in [2.24, 2.45) is 0 Å². The van der Waals surface area contributed by atoms with Crippen molar-refractivity contribution in [3.05, 3.63) is 23.3 Å². The Balaban J connectivity index is 2.40. The standard InChI is InChI=1S/C13H14F2O4/c1-13(14,15)9-7-11-10(18-4-5-19-11)6-8(9)2-3-12(16)17/h6-7H,2-5H2,1H3,(H,16,17). The number of hydrogen-bond acceptors (Lipinski definition) is 3. The van der Waals surface area contributed by atoms with Crippen molar-refractivity contribution in [3.8, 4) is 11.5 Å². The number of fused-ring (bicyclic) bond motifs is 1. The van der Waals surface area contributed by atoms with Crippen LogP contribution in [0.15, 0.2) is 12.1 Å². The highest BCUT2D eigenvalue weighted by Gasteiger charge is 2.30. The minimum absolute atomic E-state index is 0.0325. The average Bonchev–Trinajstić information content (AvgIpc) is 2.34. The highest BCUT2D eigenvalue weighted by atomic mass is 19.3. The van der Waals surface area contributed by atoms with Gasteiger partial charge in [-0.1, -0.05) is 0 Å². The van der Waals surface area contributed by atoms with Crippen LogP contribution >= 0.6 is 0 Å². The van der Waals surface area contributed by atoms with E-state index in [0.29, 0.717) is 19.0 Å². The van der Waals surface area contributed by atoms with Crippen LogP contribution < -0.4 is 9.47 Å². The minimum Gasteiger partial charge on any atom is -0.486 e. The van der Waals surface area contributed by atoms with E-state index >= 15 is 0 Å². The predicted molar refractivity (Wildman–Crippen MR) is 63.0 cm³/mol. The molecule has 1 aromatic rings. The second-order valence-corrected chi connectivity index (χ2v) is 4.44. The Bertz CT molecular complexity index is 494. The smallest absolute Gasteiger partial charge is 0.303 e. The van der Waals surface area contributed by atoms with Gasteiger partial charge in [0.2, 0.25) is 0 Å². The fourth-order valence-electron chi connectivity index (χ4n) is 1.99. The van der Waals surface area contributed by atoms with Gasteiger partial charge >= 0.3 is 5.97 Å². The van der Waals surface area contributed by atoms with Gasteiger partial charge in [-0.05, 0) is 24.1 Å². The van der Waals surface area contributed by atoms with Crippen molar-refractivity contribution in [3.63, 3.8) is 0 Å². The van der Waals surface area contributed by atoms with Gasteiger partial charge in [-0.15, -0.1) is 0 Å². The summed E-state index contributed by atoms with van der Waals surface area (Å²) in [6.45, 7) is 1.45. The van der Waals surface area contributed by atoms with Crippen molar-refractivity contribution in [1.82, 2.24) is 0 Å². The molecule has 0 aliphatic carbocycles. The molecule has 0 saturated heterocycles. The Labute approximate surface area is 108 Å². The van der Waals surface area contributed by atoms with Crippen LogP contribution in [0.1, 0.15) is 24.5 Å². The number of hydrogen-bond donors (Lipinski definition) is 1. The summed E-state index contributed by atoms with van der Waals surface area (Å²) in [4.78, 5) is 10.6. The van der Waals surface area contributed by atoms with Crippen molar-refractivity contribution in [1.29, 1.82) is 0 Å². The molecule has 1 aliphatic heterocycles. The van der Waals surface area contributed by atoms with Gasteiger partial charge in [-0.25, -0.2) is 8.78 Å². The molecule has 1 N–H and O–H groups in total. The highest BCUT2D eigenvalue weighted by Crippen LogP contribution is 2.39. The topological polar surface area (TPSA) is 55.8 Å². The lowest BCUT2D eigenvalue weighted by atomic mass is 9.97. The third kappa shape index (κ3) is 3.13. The van der Waals surface area contributed by atoms with Crippen LogP contribution in [0.2, 0.25) is 0 Å². The molecule has 1 aromatic carbocycles. The van der Waals surface area contributed by atoms with E-state index in [4.69, 9.17) is 14.6 Å². The first-order valence-electron chi connectivity index (χ1n) is 5.90. The Morgan fingerprint density at radius 3 is 2.42 bits per heavy atom. The summed E-state index contributed by atoms with van der Waals surface area (Å²) in [5.74, 6) is -3.41. The van der Waals surface area contributed by atoms with Crippen LogP contribution in [-0.2, 0) is 17.1 Å². The fourth-order valence-corrected chi connectivity index (χ4v) is 1.99. The fraction of sp³-hybridized carbons (Fsp3) is 0.462. The van der Waals surface area contributed by atoms with Crippen molar-refractivity contribution >= 4 is 5.97 Å². The van der Waals surface area contributed by atoms with Gasteiger partial charge < -0.3 is 14.6 Å². The van der Waals surface area contributed by atoms with Gasteiger partial charge in [-0.3, -0.25) is 4.79 Å². The molecule has 4 nitrogen and oxygen atoms in total. The molecule has 0 aromatic heterocycles. The zero-order chi connectivity index (χ0) is 14.0. The highest BCUT2D eigenvalue weighted by molar-refractivity contribution is 5.67. The molecule has 6 heteroatoms. The quantitative estimate of drug-likeness (QED) is 0.915. The van der Waals surface area contributed by atoms with E-state index in [9.17, 15) is 13.6 Å². The number of alkyl halides is 2. The number of aryl methyl sites for hydroxylation is 1. The molecule has 0 spiro atoms. The molecule has 104 valence electrons. The lowest BCUT2D eigenvalue weighted by Crippen LogP contribution is -2.18. The third-order valence-electron chi connectivity index (χ3n) is 2.85. The number of rotatable bonds is 4. The minimum atomic E-state index is -3.05. The molecule has 0 unspecified atom stereocenters. The second-order valence-electron chi connectivity index (χ2n) is 4.44. The van der Waals surface area contributed by atoms with Crippen molar-refractivity contribution in [2.45, 2.75) is 25.7 Å². The first-order valence-corrected chi connectivity index (χ1v) is 5.90. The van der Waals surface area contributed by atoms with E-state index in [1.165, 1.54) is 12.1 Å². The largest absolute Gasteiger partial charge is 0.486 e. The van der Waals surface area contributed by atoms with Crippen LogP contribution in [0.5, 0.6) is 11.5 Å². The predicted octanol–water partition coefficient (Wildman–Crippen LogP) is 2.59. The summed E-state index contributed by atoms with van der Waals surface area (Å²) in [7, 11) is 0. The monoisotopic (exact) mass is 272 g/mol. The number of ether oxygens (including phenoxy) is 2. The van der Waals surface area contributed by atoms with Crippen LogP contribution in [0, 0.1) is 0 Å². The Hall–Kier alpha value is -1.85. The van der Waals surface area contributed by atoms with E-state index in [1.54, 1.807) is 0 Å². The van der Waals surface area contributed by atoms with Crippen LogP contribution in [0.3, 0.4) is 0 Å². The molecule has 0 bridgehead atoms. The van der Waals surface area contributed by atoms with Crippen LogP contribution in [0.25, 0.3) is 0 Å². The van der Waals surface area contributed by atoms with Crippen molar-refractivity contribution in [2.75, 3.05) is 13.2 Å². The Morgan fingerprint density at radius 2 is 1.89 bits per heavy atom. The van der Waals surface area contributed by atoms with E-state index < -0.39 is 11.9 Å². The first kappa shape index (κ1) is 13.6. The Kier molecular flexibility index (Phi) is 3.59. The van der Waals surface area contributed by atoms with Gasteiger partial charge in [0.1, 0.15) is 13.2 Å². The second kappa shape index (κ2) is 5.03. The van der Waals surface area contributed by atoms with E-state index in [1.807, 2.05) is 0 Å². The summed E-state index contributed by atoms with van der Waals surface area (Å²) in [6.07, 6.45) is -0.173. The summed E-state index contributed by atoms with van der Waals surface area (Å²) >= 11 is 0. The average molecular weight is 272 g/mol. The van der Waals surface area contributed by atoms with E-state index in [0.717, 1.165) is 6.92 Å². The molecule has 19 heavy (non-hydrogen) atoms. The Morgan fingerprint density at radius 1 is 1.32 bits per heavy atom. The number of aliphatic carboxylic acids is 1. The lowest BCUT2D eigenvalue weighted by molar-refractivity contribution is -0.137.